The molecule has 92 valence electrons. The fraction of sp³-hybridized carbons (Fsp3) is 0.385. The summed E-state index contributed by atoms with van der Waals surface area (Å²) in [6.45, 7) is 10.5. The summed E-state index contributed by atoms with van der Waals surface area (Å²) in [5.41, 5.74) is 0.196. The molecular weight excluding hydrogens is 234 g/mol. The van der Waals surface area contributed by atoms with Crippen LogP contribution in [0.3, 0.4) is 0 Å². The van der Waals surface area contributed by atoms with Gasteiger partial charge in [-0.1, -0.05) is 39.1 Å². The van der Waals surface area contributed by atoms with Crippen LogP contribution in [-0.4, -0.2) is 4.92 Å². The van der Waals surface area contributed by atoms with E-state index in [4.69, 9.17) is 0 Å². The molecule has 1 aromatic carbocycles. The van der Waals surface area contributed by atoms with Crippen molar-refractivity contribution in [1.82, 2.24) is 0 Å². The minimum Gasteiger partial charge on any atom is -0.258 e. The van der Waals surface area contributed by atoms with Gasteiger partial charge in [-0.3, -0.25) is 10.1 Å². The van der Waals surface area contributed by atoms with E-state index in [1.54, 1.807) is 23.9 Å². The monoisotopic (exact) mass is 251 g/mol. The van der Waals surface area contributed by atoms with Gasteiger partial charge in [0.1, 0.15) is 0 Å². The van der Waals surface area contributed by atoms with Crippen LogP contribution in [0.25, 0.3) is 0 Å². The van der Waals surface area contributed by atoms with Gasteiger partial charge < -0.3 is 0 Å². The number of rotatable bonds is 5. The molecule has 0 amide bonds. The Hall–Kier alpha value is -1.29. The first-order chi connectivity index (χ1) is 7.86. The lowest BCUT2D eigenvalue weighted by molar-refractivity contribution is -0.384. The summed E-state index contributed by atoms with van der Waals surface area (Å²) in [7, 11) is 0. The van der Waals surface area contributed by atoms with Crippen molar-refractivity contribution in [2.24, 2.45) is 5.41 Å². The predicted molar refractivity (Wildman–Crippen MR) is 72.2 cm³/mol. The van der Waals surface area contributed by atoms with Gasteiger partial charge in [-0.05, 0) is 28.9 Å². The Balaban J connectivity index is 2.76. The van der Waals surface area contributed by atoms with Crippen molar-refractivity contribution in [3.05, 3.63) is 45.9 Å². The highest BCUT2D eigenvalue weighted by atomic mass is 32.2. The molecule has 0 saturated carbocycles. The molecule has 0 aliphatic carbocycles. The number of non-ortho nitro benzene ring substituents is 1. The Bertz CT molecular complexity index is 424. The van der Waals surface area contributed by atoms with Crippen LogP contribution < -0.4 is 0 Å². The van der Waals surface area contributed by atoms with E-state index in [2.05, 4.69) is 27.4 Å². The Labute approximate surface area is 106 Å². The number of nitro groups is 1. The molecule has 0 bridgehead atoms. The van der Waals surface area contributed by atoms with Crippen molar-refractivity contribution in [3.63, 3.8) is 0 Å². The molecule has 0 spiro atoms. The Morgan fingerprint density at radius 1 is 1.41 bits per heavy atom. The molecule has 3 nitrogen and oxygen atoms in total. The Morgan fingerprint density at radius 3 is 2.35 bits per heavy atom. The third kappa shape index (κ3) is 3.60. The molecule has 0 heterocycles. The van der Waals surface area contributed by atoms with E-state index < -0.39 is 0 Å². The lowest BCUT2D eigenvalue weighted by Gasteiger charge is -2.24. The van der Waals surface area contributed by atoms with E-state index in [0.29, 0.717) is 0 Å². The quantitative estimate of drug-likeness (QED) is 0.435. The number of hydrogen-bond acceptors (Lipinski definition) is 3. The fourth-order valence-corrected chi connectivity index (χ4v) is 2.09. The first kappa shape index (κ1) is 13.8. The van der Waals surface area contributed by atoms with Gasteiger partial charge in [-0.25, -0.2) is 0 Å². The van der Waals surface area contributed by atoms with Crippen molar-refractivity contribution in [1.29, 1.82) is 0 Å². The average Bonchev–Trinajstić information content (AvgIpc) is 2.29. The zero-order valence-electron chi connectivity index (χ0n) is 10.4. The summed E-state index contributed by atoms with van der Waals surface area (Å²) >= 11 is 1.58. The lowest BCUT2D eigenvalue weighted by atomic mass is 9.90. The second-order valence-corrected chi connectivity index (χ2v) is 5.68. The first-order valence-electron chi connectivity index (χ1n) is 5.48. The van der Waals surface area contributed by atoms with E-state index in [0.717, 1.165) is 16.2 Å². The van der Waals surface area contributed by atoms with Gasteiger partial charge in [0.2, 0.25) is 0 Å². The highest BCUT2D eigenvalue weighted by molar-refractivity contribution is 8.03. The number of nitro benzene ring substituents is 1. The summed E-state index contributed by atoms with van der Waals surface area (Å²) in [4.78, 5) is 12.2. The van der Waals surface area contributed by atoms with Gasteiger partial charge in [-0.15, -0.1) is 0 Å². The van der Waals surface area contributed by atoms with Crippen molar-refractivity contribution in [2.75, 3.05) is 0 Å². The number of nitrogens with zero attached hydrogens (tertiary/aromatic N) is 1. The van der Waals surface area contributed by atoms with Crippen LogP contribution in [0.5, 0.6) is 0 Å². The molecule has 1 rings (SSSR count). The summed E-state index contributed by atoms with van der Waals surface area (Å²) in [5.74, 6) is 0. The molecule has 0 unspecified atom stereocenters. The van der Waals surface area contributed by atoms with Crippen LogP contribution in [0, 0.1) is 15.5 Å². The average molecular weight is 251 g/mol. The topological polar surface area (TPSA) is 43.1 Å². The van der Waals surface area contributed by atoms with Crippen molar-refractivity contribution >= 4 is 17.4 Å². The summed E-state index contributed by atoms with van der Waals surface area (Å²) in [6.07, 6.45) is 1.02. The van der Waals surface area contributed by atoms with Gasteiger partial charge in [0.05, 0.1) is 4.92 Å². The molecule has 0 aliphatic rings. The van der Waals surface area contributed by atoms with E-state index in [9.17, 15) is 10.1 Å². The molecule has 0 N–H and O–H groups in total. The normalized spacial score (nSPS) is 11.2. The van der Waals surface area contributed by atoms with E-state index in [1.807, 2.05) is 0 Å². The highest BCUT2D eigenvalue weighted by Gasteiger charge is 2.20. The number of allylic oxidation sites excluding steroid dienone is 1. The second kappa shape index (κ2) is 5.36. The Kier molecular flexibility index (Phi) is 4.34. The van der Waals surface area contributed by atoms with Crippen LogP contribution >= 0.6 is 11.8 Å². The molecule has 17 heavy (non-hydrogen) atoms. The minimum absolute atomic E-state index is 0.0758. The molecule has 0 aliphatic heterocycles. The Morgan fingerprint density at radius 2 is 1.94 bits per heavy atom. The maximum absolute atomic E-state index is 10.5. The third-order valence-electron chi connectivity index (χ3n) is 2.93. The maximum Gasteiger partial charge on any atom is 0.269 e. The maximum atomic E-state index is 10.5. The number of benzene rings is 1. The van der Waals surface area contributed by atoms with E-state index in [-0.39, 0.29) is 16.0 Å². The molecular formula is C13H17NO2S. The molecule has 0 aromatic heterocycles. The summed E-state index contributed by atoms with van der Waals surface area (Å²) < 4.78 is 0. The highest BCUT2D eigenvalue weighted by Crippen LogP contribution is 2.40. The molecule has 0 fully saturated rings. The SMILES string of the molecule is C=C(Sc1ccc([N+](=O)[O-])cc1)C(C)(C)CC. The molecule has 0 radical (unpaired) electrons. The van der Waals surface area contributed by atoms with Crippen molar-refractivity contribution in [3.8, 4) is 0 Å². The van der Waals surface area contributed by atoms with Gasteiger partial charge in [0, 0.05) is 17.0 Å². The van der Waals surface area contributed by atoms with E-state index in [1.165, 1.54) is 12.1 Å². The second-order valence-electron chi connectivity index (χ2n) is 4.51. The molecule has 4 heteroatoms. The molecule has 1 aromatic rings. The van der Waals surface area contributed by atoms with Gasteiger partial charge in [-0.2, -0.15) is 0 Å². The smallest absolute Gasteiger partial charge is 0.258 e. The third-order valence-corrected chi connectivity index (χ3v) is 4.23. The van der Waals surface area contributed by atoms with E-state index >= 15 is 0 Å². The summed E-state index contributed by atoms with van der Waals surface area (Å²) in [6, 6.07) is 6.57. The van der Waals surface area contributed by atoms with Gasteiger partial charge in [0.15, 0.2) is 0 Å². The minimum atomic E-state index is -0.390. The van der Waals surface area contributed by atoms with Crippen LogP contribution in [-0.2, 0) is 0 Å². The number of thioether (sulfide) groups is 1. The molecule has 0 atom stereocenters. The van der Waals surface area contributed by atoms with Gasteiger partial charge >= 0.3 is 0 Å². The molecule has 0 saturated heterocycles. The largest absolute Gasteiger partial charge is 0.269 e. The zero-order chi connectivity index (χ0) is 13.1. The zero-order valence-corrected chi connectivity index (χ0v) is 11.2. The number of hydrogen-bond donors (Lipinski definition) is 0. The van der Waals surface area contributed by atoms with Crippen LogP contribution in [0.15, 0.2) is 40.6 Å². The van der Waals surface area contributed by atoms with Crippen LogP contribution in [0.2, 0.25) is 0 Å². The summed E-state index contributed by atoms with van der Waals surface area (Å²) in [5, 5.41) is 10.5. The first-order valence-corrected chi connectivity index (χ1v) is 6.30. The van der Waals surface area contributed by atoms with Crippen LogP contribution in [0.1, 0.15) is 27.2 Å². The van der Waals surface area contributed by atoms with Crippen LogP contribution in [0.4, 0.5) is 5.69 Å². The predicted octanol–water partition coefficient (Wildman–Crippen LogP) is 4.64. The van der Waals surface area contributed by atoms with Crippen molar-refractivity contribution in [2.45, 2.75) is 32.1 Å². The standard InChI is InChI=1S/C13H17NO2S/c1-5-13(3,4)10(2)17-12-8-6-11(7-9-12)14(15)16/h6-9H,2,5H2,1,3-4H3. The lowest BCUT2D eigenvalue weighted by Crippen LogP contribution is -2.09. The van der Waals surface area contributed by atoms with Crippen molar-refractivity contribution < 1.29 is 4.92 Å². The fourth-order valence-electron chi connectivity index (χ4n) is 1.11. The van der Waals surface area contributed by atoms with Gasteiger partial charge in [0.25, 0.3) is 5.69 Å².